The number of hydrogen-bond donors (Lipinski definition) is 1. The third-order valence-electron chi connectivity index (χ3n) is 2.63. The van der Waals surface area contributed by atoms with Crippen LogP contribution in [-0.4, -0.2) is 22.6 Å². The van der Waals surface area contributed by atoms with E-state index in [2.05, 4.69) is 38.7 Å². The first-order valence-electron chi connectivity index (χ1n) is 6.01. The number of phenols is 1. The van der Waals surface area contributed by atoms with Gasteiger partial charge in [0.25, 0.3) is 0 Å². The molecule has 0 heterocycles. The molecule has 0 saturated heterocycles. The van der Waals surface area contributed by atoms with Crippen LogP contribution in [0, 0.1) is 5.92 Å². The molecule has 0 aliphatic heterocycles. The van der Waals surface area contributed by atoms with Gasteiger partial charge in [0.2, 0.25) is 0 Å². The molecule has 0 fully saturated rings. The van der Waals surface area contributed by atoms with Crippen LogP contribution in [0.2, 0.25) is 0 Å². The molecule has 0 aliphatic rings. The molecule has 2 heteroatoms. The van der Waals surface area contributed by atoms with Gasteiger partial charge in [0.15, 0.2) is 0 Å². The van der Waals surface area contributed by atoms with Gasteiger partial charge in [-0.1, -0.05) is 26.0 Å². The normalized spacial score (nSPS) is 11.7. The molecule has 0 bridgehead atoms. The molecule has 0 radical (unpaired) electrons. The van der Waals surface area contributed by atoms with E-state index < -0.39 is 0 Å². The summed E-state index contributed by atoms with van der Waals surface area (Å²) in [6.45, 7) is 10.9. The zero-order valence-electron chi connectivity index (χ0n) is 10.8. The van der Waals surface area contributed by atoms with Crippen LogP contribution in [0.4, 0.5) is 0 Å². The van der Waals surface area contributed by atoms with E-state index in [0.717, 1.165) is 13.1 Å². The van der Waals surface area contributed by atoms with Gasteiger partial charge in [0.1, 0.15) is 5.75 Å². The van der Waals surface area contributed by atoms with Crippen molar-refractivity contribution >= 4 is 0 Å². The van der Waals surface area contributed by atoms with Crippen LogP contribution in [0.1, 0.15) is 33.3 Å². The van der Waals surface area contributed by atoms with Gasteiger partial charge in [0.05, 0.1) is 0 Å². The molecule has 0 unspecified atom stereocenters. The zero-order valence-corrected chi connectivity index (χ0v) is 10.8. The van der Waals surface area contributed by atoms with E-state index in [1.54, 1.807) is 6.07 Å². The maximum atomic E-state index is 9.43. The minimum absolute atomic E-state index is 0.353. The van der Waals surface area contributed by atoms with Crippen LogP contribution in [0.5, 0.6) is 5.75 Å². The lowest BCUT2D eigenvalue weighted by Crippen LogP contribution is -2.33. The Balaban J connectivity index is 2.68. The standard InChI is InChI=1S/C14H23NO/c1-11(2)9-15(12(3)4)10-13-6-5-7-14(16)8-13/h5-8,11-12,16H,9-10H2,1-4H3. The Kier molecular flexibility index (Phi) is 4.81. The van der Waals surface area contributed by atoms with Crippen LogP contribution >= 0.6 is 0 Å². The first kappa shape index (κ1) is 13.0. The third kappa shape index (κ3) is 4.23. The lowest BCUT2D eigenvalue weighted by molar-refractivity contribution is 0.189. The second-order valence-electron chi connectivity index (χ2n) is 5.09. The van der Waals surface area contributed by atoms with E-state index in [9.17, 15) is 5.11 Å². The van der Waals surface area contributed by atoms with E-state index in [0.29, 0.717) is 17.7 Å². The predicted octanol–water partition coefficient (Wildman–Crippen LogP) is 3.26. The summed E-state index contributed by atoms with van der Waals surface area (Å²) in [7, 11) is 0. The van der Waals surface area contributed by atoms with Crippen molar-refractivity contribution in [3.63, 3.8) is 0 Å². The lowest BCUT2D eigenvalue weighted by atomic mass is 10.1. The van der Waals surface area contributed by atoms with Crippen LogP contribution in [0.3, 0.4) is 0 Å². The van der Waals surface area contributed by atoms with E-state index in [-0.39, 0.29) is 0 Å². The van der Waals surface area contributed by atoms with E-state index in [1.807, 2.05) is 12.1 Å². The fourth-order valence-corrected chi connectivity index (χ4v) is 1.82. The average molecular weight is 221 g/mol. The summed E-state index contributed by atoms with van der Waals surface area (Å²) in [5.41, 5.74) is 1.18. The zero-order chi connectivity index (χ0) is 12.1. The van der Waals surface area contributed by atoms with Gasteiger partial charge in [0, 0.05) is 19.1 Å². The molecule has 0 amide bonds. The van der Waals surface area contributed by atoms with Crippen LogP contribution in [0.25, 0.3) is 0 Å². The number of phenolic OH excluding ortho intramolecular Hbond substituents is 1. The van der Waals surface area contributed by atoms with Gasteiger partial charge in [-0.15, -0.1) is 0 Å². The van der Waals surface area contributed by atoms with Crippen LogP contribution in [0.15, 0.2) is 24.3 Å². The molecule has 0 saturated carbocycles. The third-order valence-corrected chi connectivity index (χ3v) is 2.63. The van der Waals surface area contributed by atoms with Crippen molar-refractivity contribution in [3.05, 3.63) is 29.8 Å². The molecule has 1 N–H and O–H groups in total. The molecule has 1 aromatic carbocycles. The number of nitrogens with zero attached hydrogens (tertiary/aromatic N) is 1. The lowest BCUT2D eigenvalue weighted by Gasteiger charge is -2.28. The summed E-state index contributed by atoms with van der Waals surface area (Å²) in [6.07, 6.45) is 0. The minimum Gasteiger partial charge on any atom is -0.508 e. The Hall–Kier alpha value is -1.02. The van der Waals surface area contributed by atoms with E-state index in [1.165, 1.54) is 5.56 Å². The molecule has 1 rings (SSSR count). The Morgan fingerprint density at radius 2 is 1.88 bits per heavy atom. The second kappa shape index (κ2) is 5.90. The highest BCUT2D eigenvalue weighted by Crippen LogP contribution is 2.15. The molecular weight excluding hydrogens is 198 g/mol. The average Bonchev–Trinajstić information content (AvgIpc) is 2.15. The Morgan fingerprint density at radius 1 is 1.19 bits per heavy atom. The fraction of sp³-hybridized carbons (Fsp3) is 0.571. The molecule has 16 heavy (non-hydrogen) atoms. The van der Waals surface area contributed by atoms with Crippen molar-refractivity contribution in [1.29, 1.82) is 0 Å². The molecule has 2 nitrogen and oxygen atoms in total. The van der Waals surface area contributed by atoms with Gasteiger partial charge in [-0.25, -0.2) is 0 Å². The van der Waals surface area contributed by atoms with Gasteiger partial charge in [-0.05, 0) is 37.5 Å². The van der Waals surface area contributed by atoms with Crippen molar-refractivity contribution in [2.24, 2.45) is 5.92 Å². The minimum atomic E-state index is 0.353. The van der Waals surface area contributed by atoms with Crippen molar-refractivity contribution in [2.45, 2.75) is 40.3 Å². The quantitative estimate of drug-likeness (QED) is 0.825. The maximum absolute atomic E-state index is 9.43. The highest BCUT2D eigenvalue weighted by Gasteiger charge is 2.11. The maximum Gasteiger partial charge on any atom is 0.115 e. The molecule has 0 aromatic heterocycles. The molecule has 90 valence electrons. The van der Waals surface area contributed by atoms with E-state index >= 15 is 0 Å². The van der Waals surface area contributed by atoms with Gasteiger partial charge in [-0.2, -0.15) is 0 Å². The summed E-state index contributed by atoms with van der Waals surface area (Å²) in [5.74, 6) is 1.02. The highest BCUT2D eigenvalue weighted by molar-refractivity contribution is 5.27. The monoisotopic (exact) mass is 221 g/mol. The van der Waals surface area contributed by atoms with Gasteiger partial charge < -0.3 is 5.11 Å². The summed E-state index contributed by atoms with van der Waals surface area (Å²) < 4.78 is 0. The van der Waals surface area contributed by atoms with Crippen molar-refractivity contribution in [3.8, 4) is 5.75 Å². The second-order valence-corrected chi connectivity index (χ2v) is 5.09. The Labute approximate surface area is 98.9 Å². The van der Waals surface area contributed by atoms with Crippen molar-refractivity contribution < 1.29 is 5.11 Å². The van der Waals surface area contributed by atoms with Gasteiger partial charge >= 0.3 is 0 Å². The molecule has 0 spiro atoms. The summed E-state index contributed by atoms with van der Waals surface area (Å²) >= 11 is 0. The molecule has 1 aromatic rings. The first-order valence-corrected chi connectivity index (χ1v) is 6.01. The molecular formula is C14H23NO. The Bertz CT molecular complexity index is 320. The van der Waals surface area contributed by atoms with Crippen LogP contribution < -0.4 is 0 Å². The number of aromatic hydroxyl groups is 1. The number of hydrogen-bond acceptors (Lipinski definition) is 2. The van der Waals surface area contributed by atoms with Gasteiger partial charge in [-0.3, -0.25) is 4.90 Å². The number of benzene rings is 1. The largest absolute Gasteiger partial charge is 0.508 e. The Morgan fingerprint density at radius 3 is 2.38 bits per heavy atom. The highest BCUT2D eigenvalue weighted by atomic mass is 16.3. The van der Waals surface area contributed by atoms with E-state index in [4.69, 9.17) is 0 Å². The predicted molar refractivity (Wildman–Crippen MR) is 68.5 cm³/mol. The topological polar surface area (TPSA) is 23.5 Å². The smallest absolute Gasteiger partial charge is 0.115 e. The fourth-order valence-electron chi connectivity index (χ4n) is 1.82. The molecule has 0 atom stereocenters. The SMILES string of the molecule is CC(C)CN(Cc1cccc(O)c1)C(C)C. The van der Waals surface area contributed by atoms with Crippen molar-refractivity contribution in [1.82, 2.24) is 4.90 Å². The summed E-state index contributed by atoms with van der Waals surface area (Å²) in [4.78, 5) is 2.43. The number of rotatable bonds is 5. The summed E-state index contributed by atoms with van der Waals surface area (Å²) in [5, 5.41) is 9.43. The molecule has 0 aliphatic carbocycles. The van der Waals surface area contributed by atoms with Crippen molar-refractivity contribution in [2.75, 3.05) is 6.54 Å². The first-order chi connectivity index (χ1) is 7.49. The summed E-state index contributed by atoms with van der Waals surface area (Å²) in [6, 6.07) is 8.06. The van der Waals surface area contributed by atoms with Crippen LogP contribution in [-0.2, 0) is 6.54 Å².